The van der Waals surface area contributed by atoms with E-state index in [9.17, 15) is 18.0 Å². The van der Waals surface area contributed by atoms with Gasteiger partial charge in [0.05, 0.1) is 16.8 Å². The second-order valence-corrected chi connectivity index (χ2v) is 12.0. The lowest BCUT2D eigenvalue weighted by molar-refractivity contribution is -0.123. The van der Waals surface area contributed by atoms with Gasteiger partial charge in [0.2, 0.25) is 0 Å². The van der Waals surface area contributed by atoms with Gasteiger partial charge in [0, 0.05) is 11.6 Å². The number of aryl methyl sites for hydroxylation is 2. The zero-order chi connectivity index (χ0) is 30.8. The van der Waals surface area contributed by atoms with Crippen LogP contribution in [0.15, 0.2) is 107 Å². The van der Waals surface area contributed by atoms with Gasteiger partial charge in [-0.2, -0.15) is 5.10 Å². The Hall–Kier alpha value is -4.67. The zero-order valence-corrected chi connectivity index (χ0v) is 25.2. The van der Waals surface area contributed by atoms with Gasteiger partial charge >= 0.3 is 0 Å². The van der Waals surface area contributed by atoms with Crippen LogP contribution in [0.3, 0.4) is 0 Å². The Bertz CT molecular complexity index is 1690. The maximum atomic E-state index is 13.6. The summed E-state index contributed by atoms with van der Waals surface area (Å²) in [6, 6.07) is 27.5. The first-order chi connectivity index (χ1) is 20.6. The maximum Gasteiger partial charge on any atom is 0.264 e. The number of amides is 2. The number of nitrogens with one attached hydrogen (secondary N) is 2. The lowest BCUT2D eigenvalue weighted by Crippen LogP contribution is -2.40. The first-order valence-corrected chi connectivity index (χ1v) is 15.1. The van der Waals surface area contributed by atoms with Crippen LogP contribution in [-0.4, -0.2) is 39.6 Å². The Morgan fingerprint density at radius 2 is 1.60 bits per heavy atom. The molecule has 2 amide bonds. The third-order valence-corrected chi connectivity index (χ3v) is 8.32. The Morgan fingerprint density at radius 1 is 0.907 bits per heavy atom. The minimum atomic E-state index is -4.08. The largest absolute Gasteiger partial charge is 0.484 e. The summed E-state index contributed by atoms with van der Waals surface area (Å²) in [6.45, 7) is 3.36. The van der Waals surface area contributed by atoms with Crippen molar-refractivity contribution in [3.63, 3.8) is 0 Å². The Kier molecular flexibility index (Phi) is 10.5. The van der Waals surface area contributed by atoms with E-state index in [4.69, 9.17) is 16.3 Å². The molecule has 9 nitrogen and oxygen atoms in total. The molecule has 0 fully saturated rings. The fourth-order valence-corrected chi connectivity index (χ4v) is 5.74. The molecule has 0 radical (unpaired) electrons. The SMILES string of the molecule is Cc1ccc(S(=O)(=O)N(CC(=O)N/N=C\c2ccc(OCC(=O)NCc3ccccc3)cc2)c2ccc(Cl)cc2C)cc1. The van der Waals surface area contributed by atoms with Gasteiger partial charge in [-0.05, 0) is 85.1 Å². The maximum absolute atomic E-state index is 13.6. The summed E-state index contributed by atoms with van der Waals surface area (Å²) in [4.78, 5) is 25.0. The van der Waals surface area contributed by atoms with Gasteiger partial charge in [-0.15, -0.1) is 0 Å². The molecule has 0 unspecified atom stereocenters. The summed E-state index contributed by atoms with van der Waals surface area (Å²) >= 11 is 6.09. The van der Waals surface area contributed by atoms with Crippen molar-refractivity contribution in [2.45, 2.75) is 25.3 Å². The smallest absolute Gasteiger partial charge is 0.264 e. The normalized spacial score (nSPS) is 11.2. The molecule has 11 heteroatoms. The molecule has 0 aliphatic rings. The van der Waals surface area contributed by atoms with E-state index in [2.05, 4.69) is 15.8 Å². The third-order valence-electron chi connectivity index (χ3n) is 6.31. The van der Waals surface area contributed by atoms with E-state index in [0.29, 0.717) is 34.1 Å². The molecule has 0 aliphatic heterocycles. The Morgan fingerprint density at radius 3 is 2.28 bits per heavy atom. The van der Waals surface area contributed by atoms with Crippen molar-refractivity contribution >= 4 is 45.3 Å². The average Bonchev–Trinajstić information content (AvgIpc) is 2.99. The number of hydrazone groups is 1. The highest BCUT2D eigenvalue weighted by Crippen LogP contribution is 2.29. The quantitative estimate of drug-likeness (QED) is 0.171. The Labute approximate surface area is 256 Å². The predicted octanol–water partition coefficient (Wildman–Crippen LogP) is 5.00. The van der Waals surface area contributed by atoms with Gasteiger partial charge in [0.25, 0.3) is 21.8 Å². The molecule has 0 saturated heterocycles. The van der Waals surface area contributed by atoms with Gasteiger partial charge in [-0.25, -0.2) is 13.8 Å². The van der Waals surface area contributed by atoms with E-state index in [-0.39, 0.29) is 17.4 Å². The van der Waals surface area contributed by atoms with Crippen LogP contribution in [0.2, 0.25) is 5.02 Å². The van der Waals surface area contributed by atoms with Crippen LogP contribution in [-0.2, 0) is 26.2 Å². The number of nitrogens with zero attached hydrogens (tertiary/aromatic N) is 2. The molecule has 0 spiro atoms. The van der Waals surface area contributed by atoms with Crippen LogP contribution in [0.5, 0.6) is 5.75 Å². The highest BCUT2D eigenvalue weighted by Gasteiger charge is 2.28. The van der Waals surface area contributed by atoms with Crippen molar-refractivity contribution in [1.29, 1.82) is 0 Å². The molecule has 43 heavy (non-hydrogen) atoms. The van der Waals surface area contributed by atoms with Crippen LogP contribution in [0.1, 0.15) is 22.3 Å². The minimum Gasteiger partial charge on any atom is -0.484 e. The molecule has 4 aromatic carbocycles. The second-order valence-electron chi connectivity index (χ2n) is 9.67. The first kappa shape index (κ1) is 31.3. The lowest BCUT2D eigenvalue weighted by atomic mass is 10.2. The van der Waals surface area contributed by atoms with E-state index < -0.39 is 22.5 Å². The molecule has 0 heterocycles. The molecule has 0 saturated carbocycles. The summed E-state index contributed by atoms with van der Waals surface area (Å²) in [5.74, 6) is -0.390. The van der Waals surface area contributed by atoms with Gasteiger partial charge < -0.3 is 10.1 Å². The summed E-state index contributed by atoms with van der Waals surface area (Å²) in [7, 11) is -4.08. The van der Waals surface area contributed by atoms with Crippen LogP contribution in [0, 0.1) is 13.8 Å². The van der Waals surface area contributed by atoms with Crippen molar-refractivity contribution in [2.24, 2.45) is 5.10 Å². The molecular formula is C32H31ClN4O5S. The molecule has 0 aromatic heterocycles. The van der Waals surface area contributed by atoms with Crippen LogP contribution in [0.25, 0.3) is 0 Å². The summed E-state index contributed by atoms with van der Waals surface area (Å²) < 4.78 is 33.7. The molecule has 0 atom stereocenters. The highest BCUT2D eigenvalue weighted by molar-refractivity contribution is 7.92. The molecule has 4 rings (SSSR count). The third kappa shape index (κ3) is 8.91. The van der Waals surface area contributed by atoms with Gasteiger partial charge in [0.1, 0.15) is 12.3 Å². The second kappa shape index (κ2) is 14.5. The number of carbonyl (C=O) groups excluding carboxylic acids is 2. The van der Waals surface area contributed by atoms with E-state index >= 15 is 0 Å². The number of anilines is 1. The van der Waals surface area contributed by atoms with Crippen molar-refractivity contribution in [3.8, 4) is 5.75 Å². The minimum absolute atomic E-state index is 0.0553. The standard InChI is InChI=1S/C32H31ClN4O5S/c1-23-8-15-29(16-9-23)43(40,41)37(30-17-12-27(33)18-24(30)2)21-31(38)36-35-20-26-10-13-28(14-11-26)42-22-32(39)34-19-25-6-4-3-5-7-25/h3-18,20H,19,21-22H2,1-2H3,(H,34,39)(H,36,38)/b35-20-. The molecule has 2 N–H and O–H groups in total. The van der Waals surface area contributed by atoms with Crippen LogP contribution in [0.4, 0.5) is 5.69 Å². The molecule has 4 aromatic rings. The number of sulfonamides is 1. The van der Waals surface area contributed by atoms with Crippen molar-refractivity contribution in [1.82, 2.24) is 10.7 Å². The topological polar surface area (TPSA) is 117 Å². The fraction of sp³-hybridized carbons (Fsp3) is 0.156. The highest BCUT2D eigenvalue weighted by atomic mass is 35.5. The summed E-state index contributed by atoms with van der Waals surface area (Å²) in [5, 5.41) is 7.22. The lowest BCUT2D eigenvalue weighted by Gasteiger charge is -2.25. The number of rotatable bonds is 12. The molecular weight excluding hydrogens is 588 g/mol. The van der Waals surface area contributed by atoms with Crippen molar-refractivity contribution < 1.29 is 22.7 Å². The van der Waals surface area contributed by atoms with Gasteiger partial charge in [-0.1, -0.05) is 59.6 Å². The fourth-order valence-electron chi connectivity index (χ4n) is 4.03. The van der Waals surface area contributed by atoms with Gasteiger partial charge in [-0.3, -0.25) is 13.9 Å². The molecule has 222 valence electrons. The number of hydrogen-bond donors (Lipinski definition) is 2. The van der Waals surface area contributed by atoms with Crippen molar-refractivity contribution in [3.05, 3.63) is 124 Å². The molecule has 0 bridgehead atoms. The van der Waals surface area contributed by atoms with E-state index in [1.807, 2.05) is 37.3 Å². The number of benzene rings is 4. The van der Waals surface area contributed by atoms with E-state index in [1.165, 1.54) is 18.3 Å². The number of halogens is 1. The van der Waals surface area contributed by atoms with Gasteiger partial charge in [0.15, 0.2) is 6.61 Å². The number of carbonyl (C=O) groups is 2. The van der Waals surface area contributed by atoms with E-state index in [1.54, 1.807) is 61.5 Å². The Balaban J connectivity index is 1.35. The molecule has 0 aliphatic carbocycles. The predicted molar refractivity (Wildman–Crippen MR) is 168 cm³/mol. The number of ether oxygens (including phenoxy) is 1. The summed E-state index contributed by atoms with van der Waals surface area (Å²) in [6.07, 6.45) is 1.42. The number of hydrogen-bond acceptors (Lipinski definition) is 6. The van der Waals surface area contributed by atoms with Crippen molar-refractivity contribution in [2.75, 3.05) is 17.5 Å². The van der Waals surface area contributed by atoms with E-state index in [0.717, 1.165) is 15.4 Å². The summed E-state index contributed by atoms with van der Waals surface area (Å²) in [5.41, 5.74) is 5.86. The monoisotopic (exact) mass is 618 g/mol. The first-order valence-electron chi connectivity index (χ1n) is 13.3. The van der Waals surface area contributed by atoms with Crippen LogP contribution < -0.4 is 19.8 Å². The average molecular weight is 619 g/mol. The zero-order valence-electron chi connectivity index (χ0n) is 23.7. The van der Waals surface area contributed by atoms with Crippen LogP contribution >= 0.6 is 11.6 Å².